The number of carbonyl (C=O) groups is 1. The number of amides is 1. The van der Waals surface area contributed by atoms with Gasteiger partial charge in [-0.2, -0.15) is 4.99 Å². The molecule has 0 spiro atoms. The summed E-state index contributed by atoms with van der Waals surface area (Å²) in [4.78, 5) is 37.7. The first-order valence-corrected chi connectivity index (χ1v) is 8.82. The van der Waals surface area contributed by atoms with E-state index in [-0.39, 0.29) is 16.9 Å². The van der Waals surface area contributed by atoms with E-state index in [1.54, 1.807) is 10.6 Å². The molecule has 0 unspecified atom stereocenters. The van der Waals surface area contributed by atoms with Gasteiger partial charge in [0.05, 0.1) is 26.7 Å². The molecule has 1 aromatic heterocycles. The second-order valence-electron chi connectivity index (χ2n) is 5.66. The van der Waals surface area contributed by atoms with Crippen LogP contribution >= 0.6 is 11.3 Å². The molecule has 0 saturated heterocycles. The van der Waals surface area contributed by atoms with Crippen molar-refractivity contribution in [3.63, 3.8) is 0 Å². The van der Waals surface area contributed by atoms with Gasteiger partial charge in [0.25, 0.3) is 17.3 Å². The lowest BCUT2D eigenvalue weighted by molar-refractivity contribution is -0.385. The molecule has 0 fully saturated rings. The quantitative estimate of drug-likeness (QED) is 0.460. The van der Waals surface area contributed by atoms with Gasteiger partial charge in [-0.25, -0.2) is 0 Å². The molecule has 0 N–H and O–H groups in total. The van der Waals surface area contributed by atoms with Crippen LogP contribution in [0, 0.1) is 20.2 Å². The number of methoxy groups -OCH3 is 1. The van der Waals surface area contributed by atoms with Crippen LogP contribution < -0.4 is 4.80 Å². The van der Waals surface area contributed by atoms with Crippen LogP contribution in [0.3, 0.4) is 0 Å². The van der Waals surface area contributed by atoms with Crippen LogP contribution in [0.2, 0.25) is 0 Å². The van der Waals surface area contributed by atoms with E-state index in [0.29, 0.717) is 23.5 Å². The van der Waals surface area contributed by atoms with Gasteiger partial charge in [0.2, 0.25) is 0 Å². The summed E-state index contributed by atoms with van der Waals surface area (Å²) in [6.07, 6.45) is 0. The first-order valence-electron chi connectivity index (χ1n) is 8.01. The summed E-state index contributed by atoms with van der Waals surface area (Å²) in [6, 6.07) is 9.56. The van der Waals surface area contributed by atoms with Crippen LogP contribution in [0.4, 0.5) is 11.4 Å². The first kappa shape index (κ1) is 19.3. The minimum Gasteiger partial charge on any atom is -0.383 e. The van der Waals surface area contributed by atoms with E-state index in [9.17, 15) is 25.0 Å². The predicted octanol–water partition coefficient (Wildman–Crippen LogP) is 2.91. The number of rotatable bonds is 6. The Kier molecular flexibility index (Phi) is 5.57. The van der Waals surface area contributed by atoms with Crippen LogP contribution in [0.1, 0.15) is 10.4 Å². The summed E-state index contributed by atoms with van der Waals surface area (Å²) in [5.41, 5.74) is 0.587. The molecule has 0 radical (unpaired) electrons. The van der Waals surface area contributed by atoms with Gasteiger partial charge in [-0.3, -0.25) is 25.0 Å². The monoisotopic (exact) mass is 402 g/mol. The highest BCUT2D eigenvalue weighted by Gasteiger charge is 2.14. The van der Waals surface area contributed by atoms with Gasteiger partial charge >= 0.3 is 0 Å². The fourth-order valence-corrected chi connectivity index (χ4v) is 3.57. The summed E-state index contributed by atoms with van der Waals surface area (Å²) >= 11 is 1.21. The van der Waals surface area contributed by atoms with Gasteiger partial charge in [0, 0.05) is 43.5 Å². The van der Waals surface area contributed by atoms with E-state index in [4.69, 9.17) is 4.74 Å². The fourth-order valence-electron chi connectivity index (χ4n) is 2.53. The van der Waals surface area contributed by atoms with Crippen molar-refractivity contribution in [3.05, 3.63) is 73.1 Å². The molecule has 2 aromatic carbocycles. The Balaban J connectivity index is 2.08. The number of ether oxygens (including phenoxy) is 1. The van der Waals surface area contributed by atoms with Crippen molar-refractivity contribution in [3.8, 4) is 0 Å². The third-order valence-corrected chi connectivity index (χ3v) is 4.98. The SMILES string of the molecule is COCCn1c(=NC(=O)c2ccc([N+](=O)[O-])cc2)sc2ccc([N+](=O)[O-])cc21. The Morgan fingerprint density at radius 2 is 1.75 bits per heavy atom. The number of non-ortho nitro benzene ring substituents is 2. The molecule has 144 valence electrons. The first-order chi connectivity index (χ1) is 13.4. The number of aromatic nitrogens is 1. The molecule has 1 heterocycles. The highest BCUT2D eigenvalue weighted by Crippen LogP contribution is 2.23. The van der Waals surface area contributed by atoms with Gasteiger partial charge in [-0.05, 0) is 18.2 Å². The molecule has 0 bridgehead atoms. The van der Waals surface area contributed by atoms with Crippen molar-refractivity contribution >= 4 is 38.8 Å². The van der Waals surface area contributed by atoms with Crippen molar-refractivity contribution in [1.82, 2.24) is 4.57 Å². The molecule has 28 heavy (non-hydrogen) atoms. The van der Waals surface area contributed by atoms with Gasteiger partial charge in [-0.15, -0.1) is 0 Å². The molecular formula is C17H14N4O6S. The molecule has 0 atom stereocenters. The average molecular weight is 402 g/mol. The highest BCUT2D eigenvalue weighted by atomic mass is 32.1. The molecule has 10 nitrogen and oxygen atoms in total. The van der Waals surface area contributed by atoms with Crippen molar-refractivity contribution in [1.29, 1.82) is 0 Å². The molecular weight excluding hydrogens is 388 g/mol. The summed E-state index contributed by atoms with van der Waals surface area (Å²) in [5, 5.41) is 21.8. The third-order valence-electron chi connectivity index (χ3n) is 3.92. The predicted molar refractivity (Wildman–Crippen MR) is 101 cm³/mol. The smallest absolute Gasteiger partial charge is 0.279 e. The number of benzene rings is 2. The number of hydrogen-bond acceptors (Lipinski definition) is 7. The Labute approximate surface area is 161 Å². The second kappa shape index (κ2) is 8.06. The number of nitro benzene ring substituents is 2. The molecule has 3 rings (SSSR count). The summed E-state index contributed by atoms with van der Waals surface area (Å²) in [6.45, 7) is 0.678. The molecule has 1 amide bonds. The van der Waals surface area contributed by atoms with Crippen molar-refractivity contribution in [2.24, 2.45) is 4.99 Å². The second-order valence-corrected chi connectivity index (χ2v) is 6.67. The normalized spacial score (nSPS) is 11.7. The number of carbonyl (C=O) groups excluding carboxylic acids is 1. The standard InChI is InChI=1S/C17H14N4O6S/c1-27-9-8-19-14-10-13(21(25)26)6-7-15(14)28-17(19)18-16(22)11-2-4-12(5-3-11)20(23)24/h2-7,10H,8-9H2,1H3. The third kappa shape index (κ3) is 3.94. The summed E-state index contributed by atoms with van der Waals surface area (Å²) in [5.74, 6) is -0.567. The summed E-state index contributed by atoms with van der Waals surface area (Å²) < 4.78 is 7.50. The number of nitro groups is 2. The van der Waals surface area contributed by atoms with Crippen molar-refractivity contribution in [2.75, 3.05) is 13.7 Å². The van der Waals surface area contributed by atoms with E-state index < -0.39 is 15.8 Å². The number of fused-ring (bicyclic) bond motifs is 1. The Morgan fingerprint density at radius 1 is 1.11 bits per heavy atom. The van der Waals surface area contributed by atoms with E-state index in [1.807, 2.05) is 0 Å². The molecule has 0 aliphatic rings. The Bertz CT molecular complexity index is 1130. The number of nitrogens with zero attached hydrogens (tertiary/aromatic N) is 4. The minimum atomic E-state index is -0.567. The van der Waals surface area contributed by atoms with Crippen LogP contribution in [0.25, 0.3) is 10.2 Å². The molecule has 11 heteroatoms. The average Bonchev–Trinajstić information content (AvgIpc) is 3.02. The number of thiazole rings is 1. The van der Waals surface area contributed by atoms with Crippen molar-refractivity contribution in [2.45, 2.75) is 6.54 Å². The maximum Gasteiger partial charge on any atom is 0.279 e. The van der Waals surface area contributed by atoms with Crippen molar-refractivity contribution < 1.29 is 19.4 Å². The zero-order valence-electron chi connectivity index (χ0n) is 14.6. The van der Waals surface area contributed by atoms with E-state index in [1.165, 1.54) is 54.8 Å². The van der Waals surface area contributed by atoms with E-state index >= 15 is 0 Å². The van der Waals surface area contributed by atoms with Crippen LogP contribution in [0.15, 0.2) is 47.5 Å². The number of hydrogen-bond donors (Lipinski definition) is 0. The van der Waals surface area contributed by atoms with Gasteiger partial charge in [0.1, 0.15) is 0 Å². The van der Waals surface area contributed by atoms with Crippen LogP contribution in [0.5, 0.6) is 0 Å². The largest absolute Gasteiger partial charge is 0.383 e. The minimum absolute atomic E-state index is 0.0651. The fraction of sp³-hybridized carbons (Fsp3) is 0.176. The lowest BCUT2D eigenvalue weighted by atomic mass is 10.2. The summed E-state index contributed by atoms with van der Waals surface area (Å²) in [7, 11) is 1.52. The van der Waals surface area contributed by atoms with Gasteiger partial charge in [-0.1, -0.05) is 11.3 Å². The maximum absolute atomic E-state index is 12.5. The zero-order valence-corrected chi connectivity index (χ0v) is 15.4. The van der Waals surface area contributed by atoms with E-state index in [0.717, 1.165) is 4.70 Å². The van der Waals surface area contributed by atoms with E-state index in [2.05, 4.69) is 4.99 Å². The molecule has 0 saturated carbocycles. The topological polar surface area (TPSA) is 130 Å². The molecule has 3 aromatic rings. The van der Waals surface area contributed by atoms with Crippen LogP contribution in [-0.2, 0) is 11.3 Å². The maximum atomic E-state index is 12.5. The van der Waals surface area contributed by atoms with Crippen LogP contribution in [-0.4, -0.2) is 34.0 Å². The lowest BCUT2D eigenvalue weighted by Crippen LogP contribution is -2.19. The van der Waals surface area contributed by atoms with Gasteiger partial charge in [0.15, 0.2) is 4.80 Å². The Morgan fingerprint density at radius 3 is 2.36 bits per heavy atom. The lowest BCUT2D eigenvalue weighted by Gasteiger charge is -2.04. The van der Waals surface area contributed by atoms with Gasteiger partial charge < -0.3 is 9.30 Å². The molecule has 0 aliphatic heterocycles. The highest BCUT2D eigenvalue weighted by molar-refractivity contribution is 7.16. The zero-order chi connectivity index (χ0) is 20.3. The Hall–Kier alpha value is -3.44. The molecule has 0 aliphatic carbocycles.